The minimum Gasteiger partial charge on any atom is -0.480 e. The number of rotatable bonds is 10. The van der Waals surface area contributed by atoms with Crippen LogP contribution in [-0.2, 0) is 14.3 Å². The van der Waals surface area contributed by atoms with Gasteiger partial charge in [-0.25, -0.2) is 0 Å². The van der Waals surface area contributed by atoms with E-state index < -0.39 is 12.0 Å². The molecule has 0 aromatic carbocycles. The average Bonchev–Trinajstić information content (AvgIpc) is 2.20. The summed E-state index contributed by atoms with van der Waals surface area (Å²) < 4.78 is 10.6. The lowest BCUT2D eigenvalue weighted by atomic mass is 10.2. The molecule has 0 aliphatic rings. The largest absolute Gasteiger partial charge is 0.480 e. The summed E-state index contributed by atoms with van der Waals surface area (Å²) in [5.41, 5.74) is 0. The van der Waals surface area contributed by atoms with Gasteiger partial charge < -0.3 is 19.9 Å². The van der Waals surface area contributed by atoms with E-state index in [2.05, 4.69) is 19.2 Å². The van der Waals surface area contributed by atoms with Crippen molar-refractivity contribution in [3.63, 3.8) is 0 Å². The zero-order chi connectivity index (χ0) is 13.3. The number of ether oxygens (including phenoxy) is 2. The van der Waals surface area contributed by atoms with E-state index in [0.717, 1.165) is 0 Å². The van der Waals surface area contributed by atoms with Crippen molar-refractivity contribution in [3.05, 3.63) is 0 Å². The molecule has 0 aliphatic carbocycles. The molecule has 0 spiro atoms. The second-order valence-corrected chi connectivity index (χ2v) is 4.76. The molecule has 5 heteroatoms. The Hall–Kier alpha value is -0.650. The van der Waals surface area contributed by atoms with Crippen LogP contribution in [-0.4, -0.2) is 49.6 Å². The number of hydrogen-bond donors (Lipinski definition) is 2. The van der Waals surface area contributed by atoms with E-state index in [1.54, 1.807) is 0 Å². The van der Waals surface area contributed by atoms with E-state index in [9.17, 15) is 4.79 Å². The maximum Gasteiger partial charge on any atom is 0.323 e. The van der Waals surface area contributed by atoms with Crippen molar-refractivity contribution >= 4 is 5.97 Å². The molecule has 102 valence electrons. The predicted molar refractivity (Wildman–Crippen MR) is 66.2 cm³/mol. The average molecular weight is 247 g/mol. The molecule has 0 radical (unpaired) electrons. The minimum atomic E-state index is -0.887. The summed E-state index contributed by atoms with van der Waals surface area (Å²) in [5.74, 6) is -0.383. The van der Waals surface area contributed by atoms with Gasteiger partial charge >= 0.3 is 5.97 Å². The van der Waals surface area contributed by atoms with Crippen LogP contribution in [0.2, 0.25) is 0 Å². The van der Waals surface area contributed by atoms with Gasteiger partial charge in [0.25, 0.3) is 0 Å². The fraction of sp³-hybridized carbons (Fsp3) is 0.917. The summed E-state index contributed by atoms with van der Waals surface area (Å²) in [4.78, 5) is 10.9. The van der Waals surface area contributed by atoms with Gasteiger partial charge in [0.2, 0.25) is 0 Å². The van der Waals surface area contributed by atoms with Crippen molar-refractivity contribution in [1.82, 2.24) is 5.32 Å². The molecule has 0 aromatic rings. The molecule has 0 saturated heterocycles. The maximum atomic E-state index is 10.9. The monoisotopic (exact) mass is 247 g/mol. The summed E-state index contributed by atoms with van der Waals surface area (Å²) in [7, 11) is 0. The van der Waals surface area contributed by atoms with Crippen LogP contribution in [0.25, 0.3) is 0 Å². The number of carboxylic acids is 1. The van der Waals surface area contributed by atoms with Crippen LogP contribution < -0.4 is 5.32 Å². The first kappa shape index (κ1) is 16.4. The molecule has 0 fully saturated rings. The number of carboxylic acid groups (broad SMARTS) is 1. The van der Waals surface area contributed by atoms with Crippen molar-refractivity contribution < 1.29 is 19.4 Å². The quantitative estimate of drug-likeness (QED) is 0.566. The van der Waals surface area contributed by atoms with Gasteiger partial charge in [0.05, 0.1) is 19.8 Å². The number of nitrogens with one attached hydrogen (secondary N) is 1. The van der Waals surface area contributed by atoms with Crippen LogP contribution in [0.3, 0.4) is 0 Å². The SMILES string of the molecule is CC(C)COCCOCC(NC(C)C)C(=O)O. The van der Waals surface area contributed by atoms with Gasteiger partial charge in [0.1, 0.15) is 6.04 Å². The highest BCUT2D eigenvalue weighted by Crippen LogP contribution is 1.93. The van der Waals surface area contributed by atoms with E-state index in [1.807, 2.05) is 13.8 Å². The lowest BCUT2D eigenvalue weighted by molar-refractivity contribution is -0.141. The zero-order valence-electron chi connectivity index (χ0n) is 11.2. The third-order valence-corrected chi connectivity index (χ3v) is 1.94. The highest BCUT2D eigenvalue weighted by molar-refractivity contribution is 5.73. The first-order valence-electron chi connectivity index (χ1n) is 6.07. The van der Waals surface area contributed by atoms with Crippen LogP contribution in [0.1, 0.15) is 27.7 Å². The van der Waals surface area contributed by atoms with Crippen molar-refractivity contribution in [1.29, 1.82) is 0 Å². The first-order chi connectivity index (χ1) is 7.93. The Morgan fingerprint density at radius 1 is 1.12 bits per heavy atom. The predicted octanol–water partition coefficient (Wildman–Crippen LogP) is 1.13. The fourth-order valence-electron chi connectivity index (χ4n) is 1.23. The van der Waals surface area contributed by atoms with Crippen molar-refractivity contribution in [2.24, 2.45) is 5.92 Å². The summed E-state index contributed by atoms with van der Waals surface area (Å²) in [6.07, 6.45) is 0. The zero-order valence-corrected chi connectivity index (χ0v) is 11.2. The lowest BCUT2D eigenvalue weighted by Gasteiger charge is -2.17. The van der Waals surface area contributed by atoms with Gasteiger partial charge in [-0.3, -0.25) is 4.79 Å². The summed E-state index contributed by atoms with van der Waals surface area (Å²) in [6, 6.07) is -0.531. The normalized spacial score (nSPS) is 13.3. The molecule has 0 heterocycles. The second kappa shape index (κ2) is 9.39. The first-order valence-corrected chi connectivity index (χ1v) is 6.07. The Balaban J connectivity index is 3.58. The number of carbonyl (C=O) groups is 1. The highest BCUT2D eigenvalue weighted by Gasteiger charge is 2.17. The molecule has 17 heavy (non-hydrogen) atoms. The molecule has 0 saturated carbocycles. The van der Waals surface area contributed by atoms with E-state index in [4.69, 9.17) is 14.6 Å². The van der Waals surface area contributed by atoms with Gasteiger partial charge in [-0.05, 0) is 5.92 Å². The van der Waals surface area contributed by atoms with E-state index in [-0.39, 0.29) is 12.6 Å². The smallest absolute Gasteiger partial charge is 0.323 e. The molecule has 0 aromatic heterocycles. The van der Waals surface area contributed by atoms with E-state index in [0.29, 0.717) is 25.7 Å². The third-order valence-electron chi connectivity index (χ3n) is 1.94. The molecule has 0 amide bonds. The van der Waals surface area contributed by atoms with Crippen LogP contribution in [0.15, 0.2) is 0 Å². The number of hydrogen-bond acceptors (Lipinski definition) is 4. The molecule has 1 atom stereocenters. The van der Waals surface area contributed by atoms with Crippen LogP contribution in [0.4, 0.5) is 0 Å². The summed E-state index contributed by atoms with van der Waals surface area (Å²) >= 11 is 0. The second-order valence-electron chi connectivity index (χ2n) is 4.76. The minimum absolute atomic E-state index is 0.122. The Kier molecular flexibility index (Phi) is 9.03. The van der Waals surface area contributed by atoms with Gasteiger partial charge in [-0.2, -0.15) is 0 Å². The Bertz CT molecular complexity index is 207. The van der Waals surface area contributed by atoms with Crippen molar-refractivity contribution in [3.8, 4) is 0 Å². The lowest BCUT2D eigenvalue weighted by Crippen LogP contribution is -2.44. The molecule has 5 nitrogen and oxygen atoms in total. The Morgan fingerprint density at radius 2 is 1.65 bits per heavy atom. The molecule has 0 aliphatic heterocycles. The molecule has 0 bridgehead atoms. The van der Waals surface area contributed by atoms with E-state index >= 15 is 0 Å². The van der Waals surface area contributed by atoms with Crippen molar-refractivity contribution in [2.45, 2.75) is 39.8 Å². The highest BCUT2D eigenvalue weighted by atomic mass is 16.5. The van der Waals surface area contributed by atoms with Crippen LogP contribution >= 0.6 is 0 Å². The standard InChI is InChI=1S/C12H25NO4/c1-9(2)7-16-5-6-17-8-11(12(14)15)13-10(3)4/h9-11,13H,5-8H2,1-4H3,(H,14,15). The van der Waals surface area contributed by atoms with Gasteiger partial charge in [-0.1, -0.05) is 27.7 Å². The molecule has 1 unspecified atom stereocenters. The fourth-order valence-corrected chi connectivity index (χ4v) is 1.23. The molecule has 0 rings (SSSR count). The van der Waals surface area contributed by atoms with Crippen LogP contribution in [0.5, 0.6) is 0 Å². The van der Waals surface area contributed by atoms with Crippen LogP contribution in [0, 0.1) is 5.92 Å². The Morgan fingerprint density at radius 3 is 2.06 bits per heavy atom. The van der Waals surface area contributed by atoms with Gasteiger partial charge in [-0.15, -0.1) is 0 Å². The maximum absolute atomic E-state index is 10.9. The van der Waals surface area contributed by atoms with E-state index in [1.165, 1.54) is 0 Å². The Labute approximate surface area is 103 Å². The molecular formula is C12H25NO4. The van der Waals surface area contributed by atoms with Crippen molar-refractivity contribution in [2.75, 3.05) is 26.4 Å². The summed E-state index contributed by atoms with van der Waals surface area (Å²) in [6.45, 7) is 9.77. The third kappa shape index (κ3) is 10.2. The molecular weight excluding hydrogens is 222 g/mol. The van der Waals surface area contributed by atoms with Gasteiger partial charge in [0, 0.05) is 12.6 Å². The molecule has 2 N–H and O–H groups in total. The van der Waals surface area contributed by atoms with Gasteiger partial charge in [0.15, 0.2) is 0 Å². The topological polar surface area (TPSA) is 67.8 Å². The number of aliphatic carboxylic acids is 1. The summed E-state index contributed by atoms with van der Waals surface area (Å²) in [5, 5.41) is 11.8.